The standard InChI is InChI=1S/C23H28N2O7S3/c1-24(2)34(26,27)19-8-10-20(11-9-19)35(28,29)25(16-18-7-6-12-33-18)15-17-13-21(30-3)23(32-5)22(14-17)31-4/h6-14H,15-16H2,1-5H3. The van der Waals surface area contributed by atoms with Gasteiger partial charge in [-0.15, -0.1) is 11.3 Å². The highest BCUT2D eigenvalue weighted by Gasteiger charge is 2.27. The van der Waals surface area contributed by atoms with Crippen molar-refractivity contribution in [1.82, 2.24) is 8.61 Å². The van der Waals surface area contributed by atoms with Crippen molar-refractivity contribution in [2.75, 3.05) is 35.4 Å². The summed E-state index contributed by atoms with van der Waals surface area (Å²) in [5.41, 5.74) is 0.631. The number of benzene rings is 2. The van der Waals surface area contributed by atoms with Crippen molar-refractivity contribution >= 4 is 31.4 Å². The second kappa shape index (κ2) is 11.0. The molecule has 0 saturated heterocycles. The molecule has 35 heavy (non-hydrogen) atoms. The molecule has 0 N–H and O–H groups in total. The lowest BCUT2D eigenvalue weighted by Gasteiger charge is -2.23. The Bertz CT molecular complexity index is 1330. The quantitative estimate of drug-likeness (QED) is 0.367. The zero-order valence-corrected chi connectivity index (χ0v) is 22.5. The van der Waals surface area contributed by atoms with E-state index in [4.69, 9.17) is 14.2 Å². The highest BCUT2D eigenvalue weighted by molar-refractivity contribution is 7.89. The SMILES string of the molecule is COc1cc(CN(Cc2cccs2)S(=O)(=O)c2ccc(S(=O)(=O)N(C)C)cc2)cc(OC)c1OC. The molecular formula is C23H28N2O7S3. The van der Waals surface area contributed by atoms with Gasteiger partial charge in [-0.3, -0.25) is 0 Å². The van der Waals surface area contributed by atoms with Crippen molar-refractivity contribution in [3.8, 4) is 17.2 Å². The van der Waals surface area contributed by atoms with Crippen LogP contribution in [-0.2, 0) is 33.1 Å². The molecule has 0 bridgehead atoms. The van der Waals surface area contributed by atoms with Crippen LogP contribution in [0.5, 0.6) is 17.2 Å². The molecule has 3 aromatic rings. The summed E-state index contributed by atoms with van der Waals surface area (Å²) in [6.07, 6.45) is 0. The van der Waals surface area contributed by atoms with E-state index in [1.165, 1.54) is 75.3 Å². The summed E-state index contributed by atoms with van der Waals surface area (Å²) in [5, 5.41) is 1.88. The maximum atomic E-state index is 13.7. The molecule has 0 unspecified atom stereocenters. The molecule has 0 aliphatic rings. The van der Waals surface area contributed by atoms with Crippen LogP contribution in [0.2, 0.25) is 0 Å². The van der Waals surface area contributed by atoms with Gasteiger partial charge < -0.3 is 14.2 Å². The Morgan fingerprint density at radius 1 is 0.771 bits per heavy atom. The Morgan fingerprint density at radius 2 is 1.31 bits per heavy atom. The van der Waals surface area contributed by atoms with Crippen molar-refractivity contribution in [3.05, 3.63) is 64.4 Å². The van der Waals surface area contributed by atoms with Gasteiger partial charge in [-0.2, -0.15) is 4.31 Å². The van der Waals surface area contributed by atoms with Crippen LogP contribution in [0.3, 0.4) is 0 Å². The van der Waals surface area contributed by atoms with E-state index in [-0.39, 0.29) is 22.9 Å². The number of sulfonamides is 2. The summed E-state index contributed by atoms with van der Waals surface area (Å²) in [5.74, 6) is 1.23. The highest BCUT2D eigenvalue weighted by atomic mass is 32.2. The minimum absolute atomic E-state index is 0.0101. The lowest BCUT2D eigenvalue weighted by molar-refractivity contribution is 0.322. The van der Waals surface area contributed by atoms with Crippen molar-refractivity contribution < 1.29 is 31.0 Å². The molecule has 0 aliphatic heterocycles. The number of hydrogen-bond acceptors (Lipinski definition) is 8. The minimum atomic E-state index is -3.99. The Morgan fingerprint density at radius 3 is 1.74 bits per heavy atom. The van der Waals surface area contributed by atoms with Crippen LogP contribution < -0.4 is 14.2 Å². The smallest absolute Gasteiger partial charge is 0.243 e. The highest BCUT2D eigenvalue weighted by Crippen LogP contribution is 2.39. The third kappa shape index (κ3) is 5.78. The average molecular weight is 541 g/mol. The van der Waals surface area contributed by atoms with E-state index in [2.05, 4.69) is 0 Å². The van der Waals surface area contributed by atoms with Gasteiger partial charge in [0.2, 0.25) is 25.8 Å². The third-order valence-corrected chi connectivity index (χ3v) is 9.73. The predicted molar refractivity (Wildman–Crippen MR) is 134 cm³/mol. The van der Waals surface area contributed by atoms with Crippen LogP contribution in [0.15, 0.2) is 63.7 Å². The fourth-order valence-corrected chi connectivity index (χ4v) is 6.49. The van der Waals surface area contributed by atoms with E-state index in [0.717, 1.165) is 9.18 Å². The topological polar surface area (TPSA) is 102 Å². The first kappa shape index (κ1) is 27.0. The Hall–Kier alpha value is -2.64. The minimum Gasteiger partial charge on any atom is -0.493 e. The molecule has 9 nitrogen and oxygen atoms in total. The van der Waals surface area contributed by atoms with E-state index in [0.29, 0.717) is 22.8 Å². The first-order chi connectivity index (χ1) is 16.5. The van der Waals surface area contributed by atoms with E-state index in [1.807, 2.05) is 17.5 Å². The maximum Gasteiger partial charge on any atom is 0.243 e. The van der Waals surface area contributed by atoms with Crippen molar-refractivity contribution in [1.29, 1.82) is 0 Å². The van der Waals surface area contributed by atoms with Crippen molar-refractivity contribution in [2.45, 2.75) is 22.9 Å². The second-order valence-electron chi connectivity index (χ2n) is 7.64. The van der Waals surface area contributed by atoms with Crippen LogP contribution in [0, 0.1) is 0 Å². The third-order valence-electron chi connectivity index (χ3n) is 5.24. The molecule has 0 amide bonds. The van der Waals surface area contributed by atoms with Crippen molar-refractivity contribution in [2.24, 2.45) is 0 Å². The molecule has 0 atom stereocenters. The van der Waals surface area contributed by atoms with Gasteiger partial charge >= 0.3 is 0 Å². The molecule has 1 heterocycles. The van der Waals surface area contributed by atoms with Gasteiger partial charge in [0.15, 0.2) is 11.5 Å². The molecule has 0 spiro atoms. The molecule has 0 aliphatic carbocycles. The Labute approximate surface area is 210 Å². The monoisotopic (exact) mass is 540 g/mol. The largest absolute Gasteiger partial charge is 0.493 e. The molecule has 0 saturated carbocycles. The van der Waals surface area contributed by atoms with Gasteiger partial charge in [0.05, 0.1) is 31.1 Å². The zero-order chi connectivity index (χ0) is 25.8. The number of rotatable bonds is 11. The number of thiophene rings is 1. The zero-order valence-electron chi connectivity index (χ0n) is 20.1. The van der Waals surface area contributed by atoms with Crippen LogP contribution in [-0.4, -0.2) is 60.9 Å². The molecule has 1 aromatic heterocycles. The Kier molecular flexibility index (Phi) is 8.44. The van der Waals surface area contributed by atoms with E-state index in [9.17, 15) is 16.8 Å². The first-order valence-electron chi connectivity index (χ1n) is 10.4. The number of hydrogen-bond donors (Lipinski definition) is 0. The van der Waals surface area contributed by atoms with Gasteiger partial charge in [0.1, 0.15) is 0 Å². The average Bonchev–Trinajstić information content (AvgIpc) is 3.36. The number of methoxy groups -OCH3 is 3. The van der Waals surface area contributed by atoms with Gasteiger partial charge in [-0.1, -0.05) is 6.07 Å². The van der Waals surface area contributed by atoms with Crippen molar-refractivity contribution in [3.63, 3.8) is 0 Å². The summed E-state index contributed by atoms with van der Waals surface area (Å²) >= 11 is 1.44. The summed E-state index contributed by atoms with van der Waals surface area (Å²) < 4.78 is 70.7. The number of nitrogens with zero attached hydrogens (tertiary/aromatic N) is 2. The molecular weight excluding hydrogens is 512 g/mol. The van der Waals surface area contributed by atoms with Gasteiger partial charge in [-0.05, 0) is 53.4 Å². The van der Waals surface area contributed by atoms with E-state index < -0.39 is 20.0 Å². The normalized spacial score (nSPS) is 12.2. The van der Waals surface area contributed by atoms with E-state index in [1.54, 1.807) is 12.1 Å². The van der Waals surface area contributed by atoms with Gasteiger partial charge in [0.25, 0.3) is 0 Å². The fourth-order valence-electron chi connectivity index (χ4n) is 3.38. The molecule has 3 rings (SSSR count). The maximum absolute atomic E-state index is 13.7. The van der Waals surface area contributed by atoms with Crippen LogP contribution in [0.4, 0.5) is 0 Å². The summed E-state index contributed by atoms with van der Waals surface area (Å²) in [6, 6.07) is 12.3. The Balaban J connectivity index is 2.03. The fraction of sp³-hybridized carbons (Fsp3) is 0.304. The molecule has 190 valence electrons. The predicted octanol–water partition coefficient (Wildman–Crippen LogP) is 3.42. The summed E-state index contributed by atoms with van der Waals surface area (Å²) in [4.78, 5) is 0.850. The van der Waals surface area contributed by atoms with E-state index >= 15 is 0 Å². The van der Waals surface area contributed by atoms with Crippen LogP contribution in [0.25, 0.3) is 0 Å². The summed E-state index contributed by atoms with van der Waals surface area (Å²) in [7, 11) is -0.369. The van der Waals surface area contributed by atoms with Crippen LogP contribution in [0.1, 0.15) is 10.4 Å². The number of ether oxygens (including phenoxy) is 3. The lowest BCUT2D eigenvalue weighted by Crippen LogP contribution is -2.30. The summed E-state index contributed by atoms with van der Waals surface area (Å²) in [6.45, 7) is 0.156. The lowest BCUT2D eigenvalue weighted by atomic mass is 10.1. The first-order valence-corrected chi connectivity index (χ1v) is 14.1. The van der Waals surface area contributed by atoms with Crippen LogP contribution >= 0.6 is 11.3 Å². The molecule has 2 aromatic carbocycles. The molecule has 12 heteroatoms. The van der Waals surface area contributed by atoms with Gasteiger partial charge in [0, 0.05) is 32.1 Å². The second-order valence-corrected chi connectivity index (χ2v) is 12.8. The van der Waals surface area contributed by atoms with Gasteiger partial charge in [-0.25, -0.2) is 21.1 Å². The molecule has 0 radical (unpaired) electrons. The molecule has 0 fully saturated rings.